The molecule has 1 aliphatic heterocycles. The number of ether oxygens (including phenoxy) is 1. The molecule has 1 rings (SSSR count). The highest BCUT2D eigenvalue weighted by Crippen LogP contribution is 2.29. The van der Waals surface area contributed by atoms with Gasteiger partial charge in [0.2, 0.25) is 11.8 Å². The molecular weight excluding hydrogens is 268 g/mol. The highest BCUT2D eigenvalue weighted by Gasteiger charge is 2.45. The minimum atomic E-state index is -0.412. The first-order valence-corrected chi connectivity index (χ1v) is 7.78. The standard InChI is InChI=1S/C16H30N2O3/c1-11(2)10-12-15(20)18(8-7-9-21-6)13(14(19)17-12)16(3,4)5/h11-13H,7-10H2,1-6H3,(H,17,19). The summed E-state index contributed by atoms with van der Waals surface area (Å²) in [5.74, 6) is 0.371. The van der Waals surface area contributed by atoms with Crippen molar-refractivity contribution in [2.24, 2.45) is 11.3 Å². The number of methoxy groups -OCH3 is 1. The Kier molecular flexibility index (Phi) is 6.20. The first kappa shape index (κ1) is 18.0. The van der Waals surface area contributed by atoms with E-state index in [0.29, 0.717) is 25.5 Å². The van der Waals surface area contributed by atoms with E-state index < -0.39 is 12.1 Å². The summed E-state index contributed by atoms with van der Waals surface area (Å²) in [7, 11) is 1.65. The van der Waals surface area contributed by atoms with Crippen molar-refractivity contribution in [3.63, 3.8) is 0 Å². The second-order valence-corrected chi connectivity index (χ2v) is 7.34. The third-order valence-electron chi connectivity index (χ3n) is 3.73. The molecule has 1 N–H and O–H groups in total. The predicted octanol–water partition coefficient (Wildman–Crippen LogP) is 1.81. The number of piperazine rings is 1. The summed E-state index contributed by atoms with van der Waals surface area (Å²) >= 11 is 0. The third kappa shape index (κ3) is 4.70. The molecule has 5 heteroatoms. The van der Waals surface area contributed by atoms with E-state index in [4.69, 9.17) is 4.74 Å². The average molecular weight is 298 g/mol. The number of carbonyl (C=O) groups excluding carboxylic acids is 2. The summed E-state index contributed by atoms with van der Waals surface area (Å²) in [5, 5.41) is 2.91. The van der Waals surface area contributed by atoms with Crippen LogP contribution in [-0.2, 0) is 14.3 Å². The highest BCUT2D eigenvalue weighted by atomic mass is 16.5. The molecule has 1 heterocycles. The van der Waals surface area contributed by atoms with Crippen molar-refractivity contribution in [2.45, 2.75) is 59.5 Å². The van der Waals surface area contributed by atoms with Gasteiger partial charge in [0.15, 0.2) is 0 Å². The quantitative estimate of drug-likeness (QED) is 0.761. The van der Waals surface area contributed by atoms with E-state index in [-0.39, 0.29) is 17.2 Å². The van der Waals surface area contributed by atoms with Gasteiger partial charge < -0.3 is 15.0 Å². The molecule has 122 valence electrons. The van der Waals surface area contributed by atoms with Gasteiger partial charge in [-0.3, -0.25) is 9.59 Å². The van der Waals surface area contributed by atoms with Crippen LogP contribution in [0.5, 0.6) is 0 Å². The van der Waals surface area contributed by atoms with Gasteiger partial charge >= 0.3 is 0 Å². The Morgan fingerprint density at radius 2 is 1.90 bits per heavy atom. The Morgan fingerprint density at radius 1 is 1.29 bits per heavy atom. The number of rotatable bonds is 6. The van der Waals surface area contributed by atoms with Crippen LogP contribution < -0.4 is 5.32 Å². The van der Waals surface area contributed by atoms with Crippen LogP contribution in [0.1, 0.15) is 47.5 Å². The molecule has 0 aromatic rings. The molecular formula is C16H30N2O3. The molecule has 2 amide bonds. The van der Waals surface area contributed by atoms with Gasteiger partial charge in [0.1, 0.15) is 12.1 Å². The number of hydrogen-bond donors (Lipinski definition) is 1. The highest BCUT2D eigenvalue weighted by molar-refractivity contribution is 5.97. The van der Waals surface area contributed by atoms with Crippen LogP contribution in [0, 0.1) is 11.3 Å². The van der Waals surface area contributed by atoms with Crippen LogP contribution in [0.2, 0.25) is 0 Å². The van der Waals surface area contributed by atoms with Gasteiger partial charge in [-0.25, -0.2) is 0 Å². The molecule has 5 nitrogen and oxygen atoms in total. The topological polar surface area (TPSA) is 58.6 Å². The number of nitrogens with one attached hydrogen (secondary N) is 1. The molecule has 0 bridgehead atoms. The summed E-state index contributed by atoms with van der Waals surface area (Å²) in [6.07, 6.45) is 1.43. The molecule has 1 saturated heterocycles. The summed E-state index contributed by atoms with van der Waals surface area (Å²) in [6, 6.07) is -0.802. The molecule has 0 spiro atoms. The van der Waals surface area contributed by atoms with Gasteiger partial charge in [-0.2, -0.15) is 0 Å². The molecule has 21 heavy (non-hydrogen) atoms. The maximum absolute atomic E-state index is 12.7. The first-order valence-electron chi connectivity index (χ1n) is 7.78. The molecule has 0 aliphatic carbocycles. The van der Waals surface area contributed by atoms with Crippen LogP contribution in [-0.4, -0.2) is 49.1 Å². The van der Waals surface area contributed by atoms with Crippen LogP contribution >= 0.6 is 0 Å². The van der Waals surface area contributed by atoms with Crippen LogP contribution in [0.25, 0.3) is 0 Å². The van der Waals surface area contributed by atoms with Crippen molar-refractivity contribution in [3.8, 4) is 0 Å². The summed E-state index contributed by atoms with van der Waals surface area (Å²) in [5.41, 5.74) is -0.282. The van der Waals surface area contributed by atoms with Crippen molar-refractivity contribution < 1.29 is 14.3 Å². The average Bonchev–Trinajstić information content (AvgIpc) is 2.32. The number of amides is 2. The molecule has 1 aliphatic rings. The van der Waals surface area contributed by atoms with Crippen LogP contribution in [0.15, 0.2) is 0 Å². The smallest absolute Gasteiger partial charge is 0.245 e. The van der Waals surface area contributed by atoms with Crippen molar-refractivity contribution in [3.05, 3.63) is 0 Å². The van der Waals surface area contributed by atoms with E-state index in [2.05, 4.69) is 19.2 Å². The zero-order valence-corrected chi connectivity index (χ0v) is 14.2. The van der Waals surface area contributed by atoms with Gasteiger partial charge in [-0.1, -0.05) is 34.6 Å². The SMILES string of the molecule is COCCCN1C(=O)C(CC(C)C)NC(=O)C1C(C)(C)C. The van der Waals surface area contributed by atoms with Crippen molar-refractivity contribution >= 4 is 11.8 Å². The van der Waals surface area contributed by atoms with E-state index in [0.717, 1.165) is 6.42 Å². The molecule has 0 radical (unpaired) electrons. The molecule has 2 unspecified atom stereocenters. The lowest BCUT2D eigenvalue weighted by molar-refractivity contribution is -0.154. The Bertz CT molecular complexity index is 374. The number of carbonyl (C=O) groups is 2. The van der Waals surface area contributed by atoms with Gasteiger partial charge in [0.25, 0.3) is 0 Å². The third-order valence-corrected chi connectivity index (χ3v) is 3.73. The lowest BCUT2D eigenvalue weighted by Crippen LogP contribution is -2.67. The maximum Gasteiger partial charge on any atom is 0.245 e. The monoisotopic (exact) mass is 298 g/mol. The van der Waals surface area contributed by atoms with Crippen LogP contribution in [0.4, 0.5) is 0 Å². The van der Waals surface area contributed by atoms with E-state index in [1.807, 2.05) is 20.8 Å². The summed E-state index contributed by atoms with van der Waals surface area (Å²) in [4.78, 5) is 27.0. The lowest BCUT2D eigenvalue weighted by atomic mass is 9.82. The Balaban J connectivity index is 2.94. The van der Waals surface area contributed by atoms with Gasteiger partial charge in [0.05, 0.1) is 0 Å². The molecule has 2 atom stereocenters. The lowest BCUT2D eigenvalue weighted by Gasteiger charge is -2.45. The second-order valence-electron chi connectivity index (χ2n) is 7.34. The Morgan fingerprint density at radius 3 is 2.38 bits per heavy atom. The summed E-state index contributed by atoms with van der Waals surface area (Å²) in [6.45, 7) is 11.3. The van der Waals surface area contributed by atoms with Gasteiger partial charge in [-0.15, -0.1) is 0 Å². The van der Waals surface area contributed by atoms with Crippen LogP contribution in [0.3, 0.4) is 0 Å². The zero-order valence-electron chi connectivity index (χ0n) is 14.2. The minimum absolute atomic E-state index is 0.0369. The number of hydrogen-bond acceptors (Lipinski definition) is 3. The fourth-order valence-corrected chi connectivity index (χ4v) is 2.89. The van der Waals surface area contributed by atoms with Crippen molar-refractivity contribution in [1.82, 2.24) is 10.2 Å². The second kappa shape index (κ2) is 7.25. The largest absolute Gasteiger partial charge is 0.385 e. The molecule has 0 saturated carbocycles. The normalized spacial score (nSPS) is 23.7. The molecule has 0 aromatic heterocycles. The van der Waals surface area contributed by atoms with Gasteiger partial charge in [-0.05, 0) is 24.2 Å². The number of nitrogens with zero attached hydrogens (tertiary/aromatic N) is 1. The maximum atomic E-state index is 12.7. The van der Waals surface area contributed by atoms with Crippen molar-refractivity contribution in [1.29, 1.82) is 0 Å². The molecule has 0 aromatic carbocycles. The van der Waals surface area contributed by atoms with E-state index in [1.165, 1.54) is 0 Å². The van der Waals surface area contributed by atoms with E-state index >= 15 is 0 Å². The first-order chi connectivity index (χ1) is 9.68. The minimum Gasteiger partial charge on any atom is -0.385 e. The fraction of sp³-hybridized carbons (Fsp3) is 0.875. The summed E-state index contributed by atoms with van der Waals surface area (Å²) < 4.78 is 5.07. The Hall–Kier alpha value is -1.10. The van der Waals surface area contributed by atoms with Crippen molar-refractivity contribution in [2.75, 3.05) is 20.3 Å². The Labute approximate surface area is 128 Å². The predicted molar refractivity (Wildman–Crippen MR) is 82.8 cm³/mol. The molecule has 1 fully saturated rings. The van der Waals surface area contributed by atoms with Gasteiger partial charge in [0, 0.05) is 20.3 Å². The van der Waals surface area contributed by atoms with E-state index in [9.17, 15) is 9.59 Å². The van der Waals surface area contributed by atoms with E-state index in [1.54, 1.807) is 12.0 Å². The fourth-order valence-electron chi connectivity index (χ4n) is 2.89. The zero-order chi connectivity index (χ0) is 16.2.